The first-order chi connectivity index (χ1) is 16.2. The minimum Gasteiger partial charge on any atom is -0.382 e. The van der Waals surface area contributed by atoms with E-state index in [0.717, 1.165) is 25.2 Å². The number of rotatable bonds is 5. The third kappa shape index (κ3) is 6.36. The van der Waals surface area contributed by atoms with Gasteiger partial charge in [-0.15, -0.1) is 0 Å². The van der Waals surface area contributed by atoms with Crippen molar-refractivity contribution in [2.24, 2.45) is 0 Å². The molecule has 1 aromatic heterocycles. The Hall–Kier alpha value is -3.02. The molecule has 1 aromatic carbocycles. The largest absolute Gasteiger partial charge is 0.417 e. The second kappa shape index (κ2) is 9.92. The quantitative estimate of drug-likeness (QED) is 0.526. The molecule has 0 radical (unpaired) electrons. The fourth-order valence-corrected chi connectivity index (χ4v) is 4.05. The van der Waals surface area contributed by atoms with Crippen LogP contribution in [0.4, 0.5) is 32.0 Å². The van der Waals surface area contributed by atoms with Crippen molar-refractivity contribution in [1.82, 2.24) is 15.2 Å². The lowest BCUT2D eigenvalue weighted by Crippen LogP contribution is -2.37. The molecule has 3 rings (SSSR count). The van der Waals surface area contributed by atoms with Crippen molar-refractivity contribution in [2.75, 3.05) is 25.5 Å². The van der Waals surface area contributed by atoms with E-state index in [-0.39, 0.29) is 28.6 Å². The van der Waals surface area contributed by atoms with Crippen LogP contribution in [-0.4, -0.2) is 42.0 Å². The number of aromatic nitrogens is 1. The van der Waals surface area contributed by atoms with E-state index >= 15 is 0 Å². The molecule has 0 saturated carbocycles. The summed E-state index contributed by atoms with van der Waals surface area (Å²) in [6.45, 7) is 3.46. The Morgan fingerprint density at radius 2 is 1.69 bits per heavy atom. The second-order valence-corrected chi connectivity index (χ2v) is 8.77. The number of hydrogen-bond acceptors (Lipinski definition) is 4. The third-order valence-electron chi connectivity index (χ3n) is 6.06. The molecule has 12 heteroatoms. The van der Waals surface area contributed by atoms with E-state index in [1.54, 1.807) is 0 Å². The first-order valence-electron chi connectivity index (χ1n) is 10.9. The highest BCUT2D eigenvalue weighted by Crippen LogP contribution is 2.35. The van der Waals surface area contributed by atoms with Gasteiger partial charge in [-0.25, -0.2) is 0 Å². The van der Waals surface area contributed by atoms with Crippen LogP contribution in [0.25, 0.3) is 0 Å². The highest BCUT2D eigenvalue weighted by molar-refractivity contribution is 5.97. The van der Waals surface area contributed by atoms with E-state index in [4.69, 9.17) is 0 Å². The van der Waals surface area contributed by atoms with Crippen LogP contribution in [0.15, 0.2) is 23.0 Å². The van der Waals surface area contributed by atoms with Gasteiger partial charge in [-0.3, -0.25) is 9.59 Å². The molecule has 35 heavy (non-hydrogen) atoms. The second-order valence-electron chi connectivity index (χ2n) is 8.77. The average molecular weight is 504 g/mol. The number of aryl methyl sites for hydroxylation is 1. The highest BCUT2D eigenvalue weighted by atomic mass is 19.4. The number of amides is 1. The molecule has 1 aliphatic heterocycles. The molecule has 0 atom stereocenters. The predicted octanol–water partition coefficient (Wildman–Crippen LogP) is 4.47. The van der Waals surface area contributed by atoms with Crippen LogP contribution in [0.5, 0.6) is 0 Å². The number of benzene rings is 1. The summed E-state index contributed by atoms with van der Waals surface area (Å²) < 4.78 is 80.9. The van der Waals surface area contributed by atoms with Crippen molar-refractivity contribution >= 4 is 11.6 Å². The van der Waals surface area contributed by atoms with E-state index in [1.165, 1.54) is 13.8 Å². The van der Waals surface area contributed by atoms with Gasteiger partial charge in [-0.1, -0.05) is 0 Å². The van der Waals surface area contributed by atoms with E-state index < -0.39 is 47.1 Å². The van der Waals surface area contributed by atoms with Crippen molar-refractivity contribution in [3.63, 3.8) is 0 Å². The number of aromatic amines is 1. The Kier molecular flexibility index (Phi) is 7.53. The van der Waals surface area contributed by atoms with Gasteiger partial charge in [0.25, 0.3) is 11.5 Å². The smallest absolute Gasteiger partial charge is 0.382 e. The van der Waals surface area contributed by atoms with Gasteiger partial charge in [-0.05, 0) is 70.6 Å². The van der Waals surface area contributed by atoms with Crippen molar-refractivity contribution in [3.8, 4) is 0 Å². The van der Waals surface area contributed by atoms with Crippen molar-refractivity contribution in [2.45, 2.75) is 51.6 Å². The fraction of sp³-hybridized carbons (Fsp3) is 0.478. The van der Waals surface area contributed by atoms with Gasteiger partial charge in [0.05, 0.1) is 11.1 Å². The zero-order chi connectivity index (χ0) is 26.1. The minimum atomic E-state index is -4.85. The predicted molar refractivity (Wildman–Crippen MR) is 118 cm³/mol. The Morgan fingerprint density at radius 1 is 1.06 bits per heavy atom. The topological polar surface area (TPSA) is 77.2 Å². The van der Waals surface area contributed by atoms with E-state index in [9.17, 15) is 35.9 Å². The Bertz CT molecular complexity index is 1150. The number of anilines is 1. The van der Waals surface area contributed by atoms with Gasteiger partial charge >= 0.3 is 12.4 Å². The number of piperidine rings is 1. The Morgan fingerprint density at radius 3 is 2.26 bits per heavy atom. The standard InChI is InChI=1S/C23H26F6N4O2/c1-12-8-18(23(27,28)29)17(21(35)31-12)11-30-20(34)16-9-14(22(24,25)26)10-19(13(16)2)32-15-4-6-33(3)7-5-15/h8-10,15,32H,4-7,11H2,1-3H3,(H,30,34)(H,31,35). The molecule has 0 spiro atoms. The molecule has 0 bridgehead atoms. The number of H-pyrrole nitrogens is 1. The van der Waals surface area contributed by atoms with Gasteiger partial charge in [0.2, 0.25) is 0 Å². The van der Waals surface area contributed by atoms with Crippen LogP contribution in [-0.2, 0) is 18.9 Å². The lowest BCUT2D eigenvalue weighted by Gasteiger charge is -2.31. The summed E-state index contributed by atoms with van der Waals surface area (Å²) >= 11 is 0. The number of hydrogen-bond donors (Lipinski definition) is 3. The van der Waals surface area contributed by atoms with Crippen LogP contribution >= 0.6 is 0 Å². The molecule has 2 aromatic rings. The summed E-state index contributed by atoms with van der Waals surface area (Å²) in [4.78, 5) is 29.3. The molecule has 192 valence electrons. The monoisotopic (exact) mass is 504 g/mol. The molecule has 3 N–H and O–H groups in total. The van der Waals surface area contributed by atoms with Gasteiger partial charge in [-0.2, -0.15) is 26.3 Å². The molecule has 0 unspecified atom stereocenters. The van der Waals surface area contributed by atoms with Gasteiger partial charge < -0.3 is 20.5 Å². The Labute approximate surface area is 197 Å². The number of likely N-dealkylation sites (tertiary alicyclic amines) is 1. The summed E-state index contributed by atoms with van der Waals surface area (Å²) in [5, 5.41) is 5.27. The van der Waals surface area contributed by atoms with E-state index in [2.05, 4.69) is 20.5 Å². The molecular formula is C23H26F6N4O2. The molecule has 1 fully saturated rings. The lowest BCUT2D eigenvalue weighted by atomic mass is 9.99. The minimum absolute atomic E-state index is 0.0178. The number of carbonyl (C=O) groups excluding carboxylic acids is 1. The van der Waals surface area contributed by atoms with Crippen LogP contribution in [0.2, 0.25) is 0 Å². The van der Waals surface area contributed by atoms with Crippen molar-refractivity contribution < 1.29 is 31.1 Å². The highest BCUT2D eigenvalue weighted by Gasteiger charge is 2.36. The molecule has 1 amide bonds. The van der Waals surface area contributed by atoms with Gasteiger partial charge in [0, 0.05) is 35.1 Å². The zero-order valence-electron chi connectivity index (χ0n) is 19.4. The SMILES string of the molecule is Cc1cc(C(F)(F)F)c(CNC(=O)c2cc(C(F)(F)F)cc(NC3CCN(C)CC3)c2C)c(=O)[nH]1. The molecule has 0 aliphatic carbocycles. The lowest BCUT2D eigenvalue weighted by molar-refractivity contribution is -0.139. The first-order valence-corrected chi connectivity index (χ1v) is 10.9. The average Bonchev–Trinajstić information content (AvgIpc) is 2.74. The number of alkyl halides is 6. The number of halogens is 6. The van der Waals surface area contributed by atoms with Crippen LogP contribution in [0.1, 0.15) is 51.1 Å². The number of nitrogens with zero attached hydrogens (tertiary/aromatic N) is 1. The fourth-order valence-electron chi connectivity index (χ4n) is 4.05. The van der Waals surface area contributed by atoms with Gasteiger partial charge in [0.1, 0.15) is 0 Å². The summed E-state index contributed by atoms with van der Waals surface area (Å²) in [6, 6.07) is 2.23. The molecule has 1 saturated heterocycles. The normalized spacial score (nSPS) is 15.8. The Balaban J connectivity index is 1.91. The number of nitrogens with one attached hydrogen (secondary N) is 3. The van der Waals surface area contributed by atoms with Crippen molar-refractivity contribution in [1.29, 1.82) is 0 Å². The number of pyridine rings is 1. The third-order valence-corrected chi connectivity index (χ3v) is 6.06. The summed E-state index contributed by atoms with van der Waals surface area (Å²) in [5.41, 5.74) is -4.05. The molecule has 2 heterocycles. The first kappa shape index (κ1) is 26.6. The van der Waals surface area contributed by atoms with E-state index in [0.29, 0.717) is 18.9 Å². The summed E-state index contributed by atoms with van der Waals surface area (Å²) in [6.07, 6.45) is -8.20. The molecule has 6 nitrogen and oxygen atoms in total. The zero-order valence-corrected chi connectivity index (χ0v) is 19.4. The maximum atomic E-state index is 13.6. The van der Waals surface area contributed by atoms with Gasteiger partial charge in [0.15, 0.2) is 0 Å². The summed E-state index contributed by atoms with van der Waals surface area (Å²) in [5.74, 6) is -1.02. The maximum absolute atomic E-state index is 13.6. The van der Waals surface area contributed by atoms with Crippen molar-refractivity contribution in [3.05, 3.63) is 62.1 Å². The van der Waals surface area contributed by atoms with Crippen LogP contribution in [0, 0.1) is 13.8 Å². The number of carbonyl (C=O) groups is 1. The summed E-state index contributed by atoms with van der Waals surface area (Å²) in [7, 11) is 1.94. The van der Waals surface area contributed by atoms with Crippen LogP contribution < -0.4 is 16.2 Å². The molecular weight excluding hydrogens is 478 g/mol. The maximum Gasteiger partial charge on any atom is 0.417 e. The van der Waals surface area contributed by atoms with E-state index in [1.807, 2.05) is 7.05 Å². The van der Waals surface area contributed by atoms with Crippen LogP contribution in [0.3, 0.4) is 0 Å². The molecule has 1 aliphatic rings.